The average Bonchev–Trinajstić information content (AvgIpc) is 2.52. The molecule has 0 fully saturated rings. The van der Waals surface area contributed by atoms with Gasteiger partial charge in [0, 0.05) is 38.8 Å². The molecule has 26 heavy (non-hydrogen) atoms. The minimum Gasteiger partial charge on any atom is -0.378 e. The third-order valence-electron chi connectivity index (χ3n) is 3.13. The van der Waals surface area contributed by atoms with Gasteiger partial charge in [0.25, 0.3) is 5.69 Å². The topological polar surface area (TPSA) is 155 Å². The molecule has 0 amide bonds. The number of anilines is 1. The number of pyridine rings is 1. The summed E-state index contributed by atoms with van der Waals surface area (Å²) in [6.45, 7) is 1.67. The first-order chi connectivity index (χ1) is 12.0. The Morgan fingerprint density at radius 1 is 1.12 bits per heavy atom. The lowest BCUT2D eigenvalue weighted by Gasteiger charge is -2.17. The standard InChI is InChI=1S/C15H17N4O2.ClHO4/c1-12-15(19(20)21)5-4-10-18(12)16-11-13-6-8-14(9-7-13)17(2)3;2-1(3,4)5/h4-11H,1-3H3;(H,2,3,4,5)/q+1;/p-1. The largest absolute Gasteiger partial charge is 0.378 e. The zero-order valence-corrected chi connectivity index (χ0v) is 15.0. The van der Waals surface area contributed by atoms with Gasteiger partial charge < -0.3 is 4.90 Å². The van der Waals surface area contributed by atoms with E-state index >= 15 is 0 Å². The first kappa shape index (κ1) is 21.4. The summed E-state index contributed by atoms with van der Waals surface area (Å²) in [5.41, 5.74) is 2.58. The molecule has 0 saturated carbocycles. The second kappa shape index (κ2) is 9.17. The number of nitro groups is 1. The van der Waals surface area contributed by atoms with Crippen molar-refractivity contribution >= 4 is 17.6 Å². The van der Waals surface area contributed by atoms with E-state index in [2.05, 4.69) is 5.10 Å². The molecular formula is C15H17ClN4O6. The van der Waals surface area contributed by atoms with E-state index < -0.39 is 15.2 Å². The molecule has 11 heteroatoms. The molecule has 1 aromatic heterocycles. The van der Waals surface area contributed by atoms with Crippen molar-refractivity contribution in [2.45, 2.75) is 6.92 Å². The second-order valence-corrected chi connectivity index (χ2v) is 5.94. The Morgan fingerprint density at radius 3 is 2.12 bits per heavy atom. The van der Waals surface area contributed by atoms with Gasteiger partial charge in [0.1, 0.15) is 6.21 Å². The number of halogens is 1. The van der Waals surface area contributed by atoms with Gasteiger partial charge in [-0.25, -0.2) is 18.6 Å². The number of rotatable bonds is 4. The lowest BCUT2D eigenvalue weighted by Crippen LogP contribution is -2.68. The van der Waals surface area contributed by atoms with Crippen molar-refractivity contribution in [3.8, 4) is 0 Å². The third-order valence-corrected chi connectivity index (χ3v) is 3.13. The molecule has 0 saturated heterocycles. The van der Waals surface area contributed by atoms with Gasteiger partial charge in [0.2, 0.25) is 6.20 Å². The van der Waals surface area contributed by atoms with E-state index in [0.717, 1.165) is 11.3 Å². The van der Waals surface area contributed by atoms with E-state index in [9.17, 15) is 10.1 Å². The van der Waals surface area contributed by atoms with Crippen LogP contribution in [0.25, 0.3) is 0 Å². The van der Waals surface area contributed by atoms with Crippen LogP contribution in [0.1, 0.15) is 11.3 Å². The lowest BCUT2D eigenvalue weighted by atomic mass is 10.2. The van der Waals surface area contributed by atoms with Crippen LogP contribution in [0.4, 0.5) is 11.4 Å². The van der Waals surface area contributed by atoms with Gasteiger partial charge in [0.15, 0.2) is 0 Å². The van der Waals surface area contributed by atoms with Crippen LogP contribution in [0.5, 0.6) is 0 Å². The third kappa shape index (κ3) is 7.51. The fraction of sp³-hybridized carbons (Fsp3) is 0.200. The normalized spacial score (nSPS) is 11.0. The summed E-state index contributed by atoms with van der Waals surface area (Å²) in [6, 6.07) is 11.0. The van der Waals surface area contributed by atoms with Crippen molar-refractivity contribution in [2.75, 3.05) is 19.0 Å². The molecule has 0 atom stereocenters. The molecule has 2 rings (SSSR count). The molecule has 0 aliphatic carbocycles. The zero-order valence-electron chi connectivity index (χ0n) is 14.2. The summed E-state index contributed by atoms with van der Waals surface area (Å²) in [7, 11) is -0.989. The molecule has 10 nitrogen and oxygen atoms in total. The van der Waals surface area contributed by atoms with Gasteiger partial charge >= 0.3 is 5.69 Å². The van der Waals surface area contributed by atoms with Gasteiger partial charge in [0.05, 0.1) is 4.92 Å². The van der Waals surface area contributed by atoms with Crippen LogP contribution in [-0.2, 0) is 0 Å². The summed E-state index contributed by atoms with van der Waals surface area (Å²) in [4.78, 5) is 12.5. The molecule has 0 spiro atoms. The maximum Gasteiger partial charge on any atom is 0.338 e. The fourth-order valence-electron chi connectivity index (χ4n) is 1.87. The predicted octanol–water partition coefficient (Wildman–Crippen LogP) is -2.62. The molecule has 0 unspecified atom stereocenters. The van der Waals surface area contributed by atoms with E-state index in [1.165, 1.54) is 10.7 Å². The molecule has 1 aromatic carbocycles. The second-order valence-electron chi connectivity index (χ2n) is 5.19. The van der Waals surface area contributed by atoms with Crippen LogP contribution in [-0.4, -0.2) is 25.2 Å². The van der Waals surface area contributed by atoms with Crippen LogP contribution in [0.2, 0.25) is 0 Å². The van der Waals surface area contributed by atoms with Gasteiger partial charge in [-0.1, -0.05) is 12.1 Å². The van der Waals surface area contributed by atoms with Crippen molar-refractivity contribution < 1.29 is 38.5 Å². The van der Waals surface area contributed by atoms with Crippen molar-refractivity contribution in [2.24, 2.45) is 5.10 Å². The van der Waals surface area contributed by atoms with Crippen LogP contribution in [0, 0.1) is 27.3 Å². The molecule has 0 bridgehead atoms. The fourth-order valence-corrected chi connectivity index (χ4v) is 1.87. The van der Waals surface area contributed by atoms with Gasteiger partial charge in [-0.15, -0.1) is 10.2 Å². The van der Waals surface area contributed by atoms with Gasteiger partial charge in [-0.2, -0.15) is 0 Å². The van der Waals surface area contributed by atoms with E-state index in [4.69, 9.17) is 18.6 Å². The Morgan fingerprint density at radius 2 is 1.65 bits per heavy atom. The Labute approximate surface area is 151 Å². The Kier molecular flexibility index (Phi) is 7.56. The first-order valence-corrected chi connectivity index (χ1v) is 8.31. The van der Waals surface area contributed by atoms with Gasteiger partial charge in [-0.05, 0) is 27.5 Å². The molecule has 2 aromatic rings. The molecule has 140 valence electrons. The average molecular weight is 385 g/mol. The van der Waals surface area contributed by atoms with Crippen molar-refractivity contribution in [3.63, 3.8) is 0 Å². The van der Waals surface area contributed by atoms with E-state index in [0.29, 0.717) is 5.69 Å². The zero-order chi connectivity index (χ0) is 19.9. The van der Waals surface area contributed by atoms with Crippen molar-refractivity contribution in [1.82, 2.24) is 0 Å². The number of aromatic nitrogens is 1. The van der Waals surface area contributed by atoms with E-state index in [1.54, 1.807) is 25.4 Å². The minimum atomic E-state index is -4.94. The number of hydrogen-bond acceptors (Lipinski definition) is 8. The molecule has 0 aliphatic heterocycles. The highest BCUT2D eigenvalue weighted by molar-refractivity contribution is 5.79. The van der Waals surface area contributed by atoms with E-state index in [1.807, 2.05) is 43.3 Å². The molecule has 1 heterocycles. The molecule has 0 aliphatic rings. The minimum absolute atomic E-state index is 0.0533. The smallest absolute Gasteiger partial charge is 0.338 e. The quantitative estimate of drug-likeness (QED) is 0.242. The van der Waals surface area contributed by atoms with Crippen molar-refractivity contribution in [3.05, 3.63) is 64.0 Å². The van der Waals surface area contributed by atoms with Crippen LogP contribution in [0.3, 0.4) is 0 Å². The van der Waals surface area contributed by atoms with Crippen LogP contribution in [0.15, 0.2) is 47.7 Å². The van der Waals surface area contributed by atoms with Crippen LogP contribution < -0.4 is 28.2 Å². The molecular weight excluding hydrogens is 368 g/mol. The first-order valence-electron chi connectivity index (χ1n) is 7.08. The number of benzene rings is 1. The Balaban J connectivity index is 0.000000597. The number of nitrogens with zero attached hydrogens (tertiary/aromatic N) is 4. The molecule has 0 N–H and O–H groups in total. The lowest BCUT2D eigenvalue weighted by molar-refractivity contribution is -2.00. The predicted molar refractivity (Wildman–Crippen MR) is 81.8 cm³/mol. The Bertz CT molecular complexity index is 769. The molecule has 0 radical (unpaired) electrons. The summed E-state index contributed by atoms with van der Waals surface area (Å²) in [5.74, 6) is 0. The maximum atomic E-state index is 10.9. The summed E-state index contributed by atoms with van der Waals surface area (Å²) < 4.78 is 35.5. The van der Waals surface area contributed by atoms with Crippen LogP contribution >= 0.6 is 0 Å². The highest BCUT2D eigenvalue weighted by atomic mass is 35.7. The van der Waals surface area contributed by atoms with Gasteiger partial charge in [-0.3, -0.25) is 10.1 Å². The van der Waals surface area contributed by atoms with E-state index in [-0.39, 0.29) is 5.69 Å². The summed E-state index contributed by atoms with van der Waals surface area (Å²) in [6.07, 6.45) is 3.36. The monoisotopic (exact) mass is 384 g/mol. The number of hydrogen-bond donors (Lipinski definition) is 0. The Hall–Kier alpha value is -2.63. The highest BCUT2D eigenvalue weighted by Gasteiger charge is 2.19. The maximum absolute atomic E-state index is 10.9. The summed E-state index contributed by atoms with van der Waals surface area (Å²) in [5, 5.41) is 15.2. The SMILES string of the molecule is Cc1c([N+](=O)[O-])ccc[n+]1N=Cc1ccc(N(C)C)cc1.[O-][Cl+3]([O-])([O-])[O-]. The van der Waals surface area contributed by atoms with Crippen molar-refractivity contribution in [1.29, 1.82) is 0 Å². The highest BCUT2D eigenvalue weighted by Crippen LogP contribution is 2.12. The summed E-state index contributed by atoms with van der Waals surface area (Å²) >= 11 is 0.